The first-order chi connectivity index (χ1) is 12.0. The molecule has 130 valence electrons. The first kappa shape index (κ1) is 17.0. The van der Waals surface area contributed by atoms with Crippen molar-refractivity contribution >= 4 is 16.8 Å². The molecular weight excluding hydrogens is 326 g/mol. The van der Waals surface area contributed by atoms with Gasteiger partial charge in [-0.25, -0.2) is 8.78 Å². The molecule has 0 aliphatic rings. The highest BCUT2D eigenvalue weighted by atomic mass is 19.1. The summed E-state index contributed by atoms with van der Waals surface area (Å²) in [5, 5.41) is 3.58. The lowest BCUT2D eigenvalue weighted by atomic mass is 10.0. The van der Waals surface area contributed by atoms with Crippen LogP contribution in [-0.2, 0) is 11.2 Å². The molecule has 0 radical (unpaired) electrons. The van der Waals surface area contributed by atoms with Crippen molar-refractivity contribution in [3.8, 4) is 17.0 Å². The fourth-order valence-corrected chi connectivity index (χ4v) is 2.90. The van der Waals surface area contributed by atoms with Crippen LogP contribution in [0.3, 0.4) is 0 Å². The summed E-state index contributed by atoms with van der Waals surface area (Å²) in [5.74, 6) is -0.504. The largest absolute Gasteiger partial charge is 0.497 e. The minimum atomic E-state index is -0.513. The first-order valence-corrected chi connectivity index (χ1v) is 7.88. The van der Waals surface area contributed by atoms with Crippen molar-refractivity contribution in [1.82, 2.24) is 10.3 Å². The number of aromatic nitrogens is 1. The number of rotatable bonds is 5. The lowest BCUT2D eigenvalue weighted by Crippen LogP contribution is -2.22. The molecule has 0 fully saturated rings. The number of aromatic amines is 1. The van der Waals surface area contributed by atoms with E-state index in [1.165, 1.54) is 13.0 Å². The molecule has 2 aromatic carbocycles. The first-order valence-electron chi connectivity index (χ1n) is 7.88. The molecule has 25 heavy (non-hydrogen) atoms. The van der Waals surface area contributed by atoms with E-state index in [0.717, 1.165) is 28.6 Å². The van der Waals surface area contributed by atoms with Crippen LogP contribution >= 0.6 is 0 Å². The zero-order valence-corrected chi connectivity index (χ0v) is 14.0. The van der Waals surface area contributed by atoms with Crippen LogP contribution in [0, 0.1) is 11.6 Å². The Bertz CT molecular complexity index is 935. The molecule has 1 amide bonds. The Morgan fingerprint density at radius 3 is 2.72 bits per heavy atom. The second-order valence-corrected chi connectivity index (χ2v) is 5.75. The predicted octanol–water partition coefficient (Wildman–Crippen LogP) is 3.80. The van der Waals surface area contributed by atoms with Gasteiger partial charge in [-0.3, -0.25) is 4.79 Å². The molecular formula is C19H18F2N2O2. The Balaban J connectivity index is 2.15. The Morgan fingerprint density at radius 1 is 1.20 bits per heavy atom. The Morgan fingerprint density at radius 2 is 2.00 bits per heavy atom. The van der Waals surface area contributed by atoms with E-state index in [1.807, 2.05) is 12.1 Å². The number of nitrogens with one attached hydrogen (secondary N) is 2. The minimum absolute atomic E-state index is 0.143. The number of fused-ring (bicyclic) bond motifs is 1. The van der Waals surface area contributed by atoms with Crippen LogP contribution < -0.4 is 10.1 Å². The van der Waals surface area contributed by atoms with Gasteiger partial charge >= 0.3 is 0 Å². The van der Waals surface area contributed by atoms with E-state index in [9.17, 15) is 13.6 Å². The van der Waals surface area contributed by atoms with Gasteiger partial charge in [0.2, 0.25) is 5.91 Å². The average molecular weight is 344 g/mol. The molecule has 0 spiro atoms. The monoisotopic (exact) mass is 344 g/mol. The fraction of sp³-hybridized carbons (Fsp3) is 0.211. The van der Waals surface area contributed by atoms with Gasteiger partial charge < -0.3 is 15.0 Å². The van der Waals surface area contributed by atoms with E-state index >= 15 is 0 Å². The third kappa shape index (κ3) is 3.47. The molecule has 0 atom stereocenters. The highest BCUT2D eigenvalue weighted by molar-refractivity contribution is 5.92. The minimum Gasteiger partial charge on any atom is -0.497 e. The molecule has 0 bridgehead atoms. The maximum absolute atomic E-state index is 14.3. The lowest BCUT2D eigenvalue weighted by molar-refractivity contribution is -0.118. The van der Waals surface area contributed by atoms with Crippen molar-refractivity contribution in [3.05, 3.63) is 53.6 Å². The third-order valence-electron chi connectivity index (χ3n) is 4.06. The summed E-state index contributed by atoms with van der Waals surface area (Å²) in [6.07, 6.45) is 0.470. The van der Waals surface area contributed by atoms with E-state index in [-0.39, 0.29) is 11.5 Å². The van der Waals surface area contributed by atoms with E-state index in [2.05, 4.69) is 10.3 Å². The van der Waals surface area contributed by atoms with Crippen molar-refractivity contribution in [2.45, 2.75) is 13.3 Å². The molecule has 0 saturated carbocycles. The molecule has 2 N–H and O–H groups in total. The predicted molar refractivity (Wildman–Crippen MR) is 92.6 cm³/mol. The standard InChI is InChI=1S/C19H18F2N2O2/c1-11(24)22-8-7-14-15-10-13(25-2)4-6-18(15)23-19(14)16-9-12(20)3-5-17(16)21/h3-6,9-10,23H,7-8H2,1-2H3,(H,22,24). The van der Waals surface area contributed by atoms with Gasteiger partial charge in [-0.2, -0.15) is 0 Å². The summed E-state index contributed by atoms with van der Waals surface area (Å²) in [6, 6.07) is 8.82. The van der Waals surface area contributed by atoms with Gasteiger partial charge in [0.05, 0.1) is 12.8 Å². The van der Waals surface area contributed by atoms with Gasteiger partial charge in [-0.1, -0.05) is 0 Å². The van der Waals surface area contributed by atoms with Crippen molar-refractivity contribution < 1.29 is 18.3 Å². The SMILES string of the molecule is COc1ccc2[nH]c(-c3cc(F)ccc3F)c(CCNC(C)=O)c2c1. The second kappa shape index (κ2) is 6.93. The molecule has 0 aliphatic carbocycles. The third-order valence-corrected chi connectivity index (χ3v) is 4.06. The van der Waals surface area contributed by atoms with E-state index in [4.69, 9.17) is 4.74 Å². The van der Waals surface area contributed by atoms with Gasteiger partial charge in [-0.05, 0) is 48.4 Å². The van der Waals surface area contributed by atoms with Crippen LogP contribution in [0.15, 0.2) is 36.4 Å². The number of carbonyl (C=O) groups excluding carboxylic acids is 1. The van der Waals surface area contributed by atoms with Crippen molar-refractivity contribution in [3.63, 3.8) is 0 Å². The number of ether oxygens (including phenoxy) is 1. The second-order valence-electron chi connectivity index (χ2n) is 5.75. The zero-order chi connectivity index (χ0) is 18.0. The smallest absolute Gasteiger partial charge is 0.216 e. The van der Waals surface area contributed by atoms with Gasteiger partial charge in [0.15, 0.2) is 0 Å². The van der Waals surface area contributed by atoms with Gasteiger partial charge in [0, 0.05) is 29.9 Å². The van der Waals surface area contributed by atoms with E-state index in [1.54, 1.807) is 13.2 Å². The van der Waals surface area contributed by atoms with Crippen LogP contribution in [0.2, 0.25) is 0 Å². The normalized spacial score (nSPS) is 10.9. The molecule has 4 nitrogen and oxygen atoms in total. The molecule has 3 aromatic rings. The molecule has 0 saturated heterocycles. The van der Waals surface area contributed by atoms with Crippen LogP contribution in [-0.4, -0.2) is 24.5 Å². The van der Waals surface area contributed by atoms with Crippen molar-refractivity contribution in [2.75, 3.05) is 13.7 Å². The van der Waals surface area contributed by atoms with Crippen LogP contribution in [0.5, 0.6) is 5.75 Å². The molecule has 0 aliphatic heterocycles. The Hall–Kier alpha value is -2.89. The number of benzene rings is 2. The molecule has 6 heteroatoms. The highest BCUT2D eigenvalue weighted by Crippen LogP contribution is 2.34. The maximum Gasteiger partial charge on any atom is 0.216 e. The van der Waals surface area contributed by atoms with Crippen LogP contribution in [0.4, 0.5) is 8.78 Å². The number of hydrogen-bond donors (Lipinski definition) is 2. The van der Waals surface area contributed by atoms with Crippen molar-refractivity contribution in [1.29, 1.82) is 0 Å². The number of halogens is 2. The summed E-state index contributed by atoms with van der Waals surface area (Å²) in [4.78, 5) is 14.3. The fourth-order valence-electron chi connectivity index (χ4n) is 2.90. The quantitative estimate of drug-likeness (QED) is 0.740. The molecule has 3 rings (SSSR count). The molecule has 1 heterocycles. The summed E-state index contributed by atoms with van der Waals surface area (Å²) in [6.45, 7) is 1.83. The highest BCUT2D eigenvalue weighted by Gasteiger charge is 2.17. The molecule has 0 unspecified atom stereocenters. The number of hydrogen-bond acceptors (Lipinski definition) is 2. The summed E-state index contributed by atoms with van der Waals surface area (Å²) < 4.78 is 33.2. The van der Waals surface area contributed by atoms with Crippen molar-refractivity contribution in [2.24, 2.45) is 0 Å². The zero-order valence-electron chi connectivity index (χ0n) is 14.0. The maximum atomic E-state index is 14.3. The number of H-pyrrole nitrogens is 1. The Kier molecular flexibility index (Phi) is 4.70. The van der Waals surface area contributed by atoms with Crippen LogP contribution in [0.1, 0.15) is 12.5 Å². The van der Waals surface area contributed by atoms with Crippen LogP contribution in [0.25, 0.3) is 22.2 Å². The van der Waals surface area contributed by atoms with Gasteiger partial charge in [-0.15, -0.1) is 0 Å². The summed E-state index contributed by atoms with van der Waals surface area (Å²) >= 11 is 0. The summed E-state index contributed by atoms with van der Waals surface area (Å²) in [7, 11) is 1.57. The van der Waals surface area contributed by atoms with E-state index < -0.39 is 11.6 Å². The number of carbonyl (C=O) groups is 1. The molecule has 1 aromatic heterocycles. The Labute approximate surface area is 143 Å². The van der Waals surface area contributed by atoms with Gasteiger partial charge in [0.1, 0.15) is 17.4 Å². The summed E-state index contributed by atoms with van der Waals surface area (Å²) in [5.41, 5.74) is 2.25. The topological polar surface area (TPSA) is 54.1 Å². The average Bonchev–Trinajstić information content (AvgIpc) is 2.94. The van der Waals surface area contributed by atoms with Gasteiger partial charge in [0.25, 0.3) is 0 Å². The lowest BCUT2D eigenvalue weighted by Gasteiger charge is -2.08. The number of methoxy groups -OCH3 is 1. The van der Waals surface area contributed by atoms with E-state index in [0.29, 0.717) is 24.4 Å². The number of amides is 1.